The van der Waals surface area contributed by atoms with Crippen molar-refractivity contribution in [1.82, 2.24) is 0 Å². The van der Waals surface area contributed by atoms with Gasteiger partial charge in [-0.25, -0.2) is 14.4 Å². The lowest BCUT2D eigenvalue weighted by Crippen LogP contribution is -2.57. The van der Waals surface area contributed by atoms with Crippen LogP contribution in [0.4, 0.5) is 0 Å². The van der Waals surface area contributed by atoms with Gasteiger partial charge in [0.1, 0.15) is 0 Å². The second-order valence-corrected chi connectivity index (χ2v) is 6.63. The first-order valence-corrected chi connectivity index (χ1v) is 8.93. The molecule has 0 aliphatic carbocycles. The van der Waals surface area contributed by atoms with E-state index in [0.717, 1.165) is 32.1 Å². The van der Waals surface area contributed by atoms with E-state index in [1.165, 1.54) is 19.3 Å². The van der Waals surface area contributed by atoms with Gasteiger partial charge in [0.25, 0.3) is 0 Å². The smallest absolute Gasteiger partial charge is 0.359 e. The molecule has 3 N–H and O–H groups in total. The van der Waals surface area contributed by atoms with Gasteiger partial charge in [0.2, 0.25) is 0 Å². The zero-order valence-corrected chi connectivity index (χ0v) is 15.0. The number of hydrogen-bond acceptors (Lipinski definition) is 3. The highest BCUT2D eigenvalue weighted by molar-refractivity contribution is 5.73. The minimum Gasteiger partial charge on any atom is -0.477 e. The summed E-state index contributed by atoms with van der Waals surface area (Å²) < 4.78 is -0.443. The quantitative estimate of drug-likeness (QED) is 0.209. The number of nitrogens with zero attached hydrogens (tertiary/aromatic N) is 1. The van der Waals surface area contributed by atoms with E-state index in [1.54, 1.807) is 0 Å². The van der Waals surface area contributed by atoms with Crippen LogP contribution in [0.3, 0.4) is 0 Å². The maximum Gasteiger partial charge on any atom is 0.359 e. The number of carboxylic acids is 3. The lowest BCUT2D eigenvalue weighted by molar-refractivity contribution is -0.907. The molecule has 0 saturated heterocycles. The molecule has 0 amide bonds. The number of hydrogen-bond donors (Lipinski definition) is 3. The molecule has 0 fully saturated rings. The average Bonchev–Trinajstić information content (AvgIpc) is 2.47. The van der Waals surface area contributed by atoms with Crippen LogP contribution in [-0.2, 0) is 14.4 Å². The molecule has 0 aliphatic heterocycles. The van der Waals surface area contributed by atoms with E-state index in [4.69, 9.17) is 15.3 Å². The molecule has 7 nitrogen and oxygen atoms in total. The molecule has 25 heavy (non-hydrogen) atoms. The third kappa shape index (κ3) is 13.1. The molecule has 7 heteroatoms. The Labute approximate surface area is 149 Å². The van der Waals surface area contributed by atoms with Crippen molar-refractivity contribution in [2.45, 2.75) is 57.8 Å². The lowest BCUT2D eigenvalue weighted by Gasteiger charge is -2.34. The molecule has 0 bridgehead atoms. The number of unbranched alkanes of at least 4 members (excludes halogenated alkanes) is 8. The molecular weight excluding hydrogens is 326 g/mol. The highest BCUT2D eigenvalue weighted by Crippen LogP contribution is 2.14. The SMILES string of the molecule is C=CCCCCCCCCCC[N+](CC(=O)O)(CC(=O)O)CC(=O)O. The number of allylic oxidation sites excluding steroid dienone is 1. The zero-order chi connectivity index (χ0) is 19.1. The molecule has 0 saturated carbocycles. The van der Waals surface area contributed by atoms with Gasteiger partial charge in [-0.1, -0.05) is 38.2 Å². The molecule has 0 aliphatic rings. The van der Waals surface area contributed by atoms with Crippen LogP contribution in [0.1, 0.15) is 57.8 Å². The van der Waals surface area contributed by atoms with E-state index in [2.05, 4.69) is 6.58 Å². The third-order valence-electron chi connectivity index (χ3n) is 4.20. The van der Waals surface area contributed by atoms with Gasteiger partial charge >= 0.3 is 17.9 Å². The number of quaternary nitrogens is 1. The van der Waals surface area contributed by atoms with Crippen molar-refractivity contribution in [1.29, 1.82) is 0 Å². The first-order valence-electron chi connectivity index (χ1n) is 8.93. The Kier molecular flexibility index (Phi) is 12.4. The maximum absolute atomic E-state index is 11.1. The van der Waals surface area contributed by atoms with Crippen LogP contribution >= 0.6 is 0 Å². The van der Waals surface area contributed by atoms with Crippen LogP contribution in [0.2, 0.25) is 0 Å². The molecule has 0 unspecified atom stereocenters. The summed E-state index contributed by atoms with van der Waals surface area (Å²) in [6, 6.07) is 0. The first kappa shape index (κ1) is 23.1. The largest absolute Gasteiger partial charge is 0.477 e. The lowest BCUT2D eigenvalue weighted by atomic mass is 10.1. The normalized spacial score (nSPS) is 11.2. The number of carbonyl (C=O) groups is 3. The molecule has 144 valence electrons. The summed E-state index contributed by atoms with van der Waals surface area (Å²) in [5, 5.41) is 27.1. The Morgan fingerprint density at radius 2 is 1.04 bits per heavy atom. The van der Waals surface area contributed by atoms with Gasteiger partial charge < -0.3 is 15.3 Å². The van der Waals surface area contributed by atoms with E-state index in [9.17, 15) is 14.4 Å². The van der Waals surface area contributed by atoms with E-state index < -0.39 is 42.0 Å². The Morgan fingerprint density at radius 3 is 1.40 bits per heavy atom. The van der Waals surface area contributed by atoms with Gasteiger partial charge in [-0.3, -0.25) is 4.48 Å². The second kappa shape index (κ2) is 13.4. The highest BCUT2D eigenvalue weighted by atomic mass is 16.4. The van der Waals surface area contributed by atoms with Gasteiger partial charge in [0, 0.05) is 0 Å². The Balaban J connectivity index is 4.24. The van der Waals surface area contributed by atoms with Crippen LogP contribution in [0.25, 0.3) is 0 Å². The summed E-state index contributed by atoms with van der Waals surface area (Å²) in [5.74, 6) is -3.54. The topological polar surface area (TPSA) is 112 Å². The van der Waals surface area contributed by atoms with Crippen molar-refractivity contribution < 1.29 is 34.2 Å². The fourth-order valence-electron chi connectivity index (χ4n) is 3.06. The summed E-state index contributed by atoms with van der Waals surface area (Å²) in [4.78, 5) is 33.2. The van der Waals surface area contributed by atoms with Gasteiger partial charge in [-0.15, -0.1) is 6.58 Å². The van der Waals surface area contributed by atoms with E-state index >= 15 is 0 Å². The third-order valence-corrected chi connectivity index (χ3v) is 4.20. The van der Waals surface area contributed by atoms with Crippen LogP contribution in [0.5, 0.6) is 0 Å². The summed E-state index contributed by atoms with van der Waals surface area (Å²) in [7, 11) is 0. The average molecular weight is 358 g/mol. The van der Waals surface area contributed by atoms with Crippen molar-refractivity contribution >= 4 is 17.9 Å². The van der Waals surface area contributed by atoms with Crippen LogP contribution in [0, 0.1) is 0 Å². The fraction of sp³-hybridized carbons (Fsp3) is 0.722. The zero-order valence-electron chi connectivity index (χ0n) is 15.0. The van der Waals surface area contributed by atoms with Gasteiger partial charge in [-0.2, -0.15) is 0 Å². The standard InChI is InChI=1S/C18H31NO6/c1-2-3-4-5-6-7-8-9-10-11-12-19(13-16(20)21,14-17(22)23)15-18(24)25/h2H,1,3-15H2,(H2-,20,21,22,23,24,25)/p+1. The van der Waals surface area contributed by atoms with Crippen LogP contribution < -0.4 is 0 Å². The molecular formula is C18H32NO6+. The van der Waals surface area contributed by atoms with Crippen molar-refractivity contribution in [3.8, 4) is 0 Å². The first-order chi connectivity index (χ1) is 11.8. The molecule has 0 aromatic rings. The van der Waals surface area contributed by atoms with Crippen LogP contribution in [-0.4, -0.2) is 63.9 Å². The molecule has 0 spiro atoms. The monoisotopic (exact) mass is 358 g/mol. The van der Waals surface area contributed by atoms with Gasteiger partial charge in [0.05, 0.1) is 6.54 Å². The Morgan fingerprint density at radius 1 is 0.680 bits per heavy atom. The summed E-state index contributed by atoms with van der Waals surface area (Å²) >= 11 is 0. The minimum atomic E-state index is -1.18. The second-order valence-electron chi connectivity index (χ2n) is 6.63. The molecule has 0 atom stereocenters. The fourth-order valence-corrected chi connectivity index (χ4v) is 3.06. The van der Waals surface area contributed by atoms with Gasteiger partial charge in [-0.05, 0) is 25.7 Å². The minimum absolute atomic E-state index is 0.254. The predicted molar refractivity (Wildman–Crippen MR) is 94.4 cm³/mol. The molecule has 0 aromatic carbocycles. The highest BCUT2D eigenvalue weighted by Gasteiger charge is 2.35. The van der Waals surface area contributed by atoms with Crippen molar-refractivity contribution in [2.75, 3.05) is 26.2 Å². The Bertz CT molecular complexity index is 394. The van der Waals surface area contributed by atoms with E-state index in [-0.39, 0.29) is 6.54 Å². The van der Waals surface area contributed by atoms with Gasteiger partial charge in [0.15, 0.2) is 19.6 Å². The number of carboxylic acid groups (broad SMARTS) is 3. The molecule has 0 radical (unpaired) electrons. The van der Waals surface area contributed by atoms with Crippen LogP contribution in [0.15, 0.2) is 12.7 Å². The summed E-state index contributed by atoms with van der Waals surface area (Å²) in [6.45, 7) is 2.49. The van der Waals surface area contributed by atoms with E-state index in [1.807, 2.05) is 6.08 Å². The molecule has 0 rings (SSSR count). The van der Waals surface area contributed by atoms with E-state index in [0.29, 0.717) is 6.42 Å². The van der Waals surface area contributed by atoms with Crippen molar-refractivity contribution in [3.05, 3.63) is 12.7 Å². The summed E-state index contributed by atoms with van der Waals surface area (Å²) in [6.07, 6.45) is 11.2. The maximum atomic E-state index is 11.1. The molecule has 0 heterocycles. The molecule has 0 aromatic heterocycles. The predicted octanol–water partition coefficient (Wildman–Crippen LogP) is 2.75. The van der Waals surface area contributed by atoms with Crippen molar-refractivity contribution in [2.24, 2.45) is 0 Å². The number of aliphatic carboxylic acids is 3. The number of rotatable bonds is 17. The summed E-state index contributed by atoms with van der Waals surface area (Å²) in [5.41, 5.74) is 0. The van der Waals surface area contributed by atoms with Crippen molar-refractivity contribution in [3.63, 3.8) is 0 Å². The Hall–Kier alpha value is -1.89.